The van der Waals surface area contributed by atoms with E-state index in [1.165, 1.54) is 18.2 Å². The topological polar surface area (TPSA) is 62.9 Å². The summed E-state index contributed by atoms with van der Waals surface area (Å²) >= 11 is 0. The first kappa shape index (κ1) is 15.1. The van der Waals surface area contributed by atoms with E-state index in [0.717, 1.165) is 16.7 Å². The van der Waals surface area contributed by atoms with Gasteiger partial charge in [0.05, 0.1) is 19.8 Å². The van der Waals surface area contributed by atoms with Crippen molar-refractivity contribution < 1.29 is 19.1 Å². The van der Waals surface area contributed by atoms with E-state index in [1.54, 1.807) is 0 Å². The van der Waals surface area contributed by atoms with Crippen LogP contribution in [0.1, 0.15) is 23.3 Å². The number of aliphatic hydroxyl groups excluding tert-OH is 1. The Balaban J connectivity index is 1.84. The quantitative estimate of drug-likeness (QED) is 0.880. The highest BCUT2D eigenvalue weighted by Crippen LogP contribution is 2.27. The highest BCUT2D eigenvalue weighted by molar-refractivity contribution is 5.80. The maximum Gasteiger partial charge on any atom is 0.323 e. The summed E-state index contributed by atoms with van der Waals surface area (Å²) in [5.41, 5.74) is 3.27. The monoisotopic (exact) mass is 303 g/mol. The molecule has 2 atom stereocenters. The van der Waals surface area contributed by atoms with Crippen molar-refractivity contribution in [3.8, 4) is 0 Å². The molecule has 2 aromatic rings. The first-order chi connectivity index (χ1) is 10.5. The van der Waals surface area contributed by atoms with Gasteiger partial charge in [0, 0.05) is 18.4 Å². The van der Waals surface area contributed by atoms with Crippen molar-refractivity contribution in [2.45, 2.75) is 39.0 Å². The Kier molecular flexibility index (Phi) is 3.93. The number of aliphatic hydroxyl groups is 1. The average molecular weight is 303 g/mol. The van der Waals surface area contributed by atoms with Crippen LogP contribution in [0, 0.1) is 13.8 Å². The fourth-order valence-corrected chi connectivity index (χ4v) is 3.07. The Bertz CT molecular complexity index is 667. The van der Waals surface area contributed by atoms with Gasteiger partial charge in [0.25, 0.3) is 0 Å². The summed E-state index contributed by atoms with van der Waals surface area (Å²) in [5, 5.41) is 10.9. The predicted octanol–water partition coefficient (Wildman–Crippen LogP) is 2.16. The van der Waals surface area contributed by atoms with Gasteiger partial charge in [-0.15, -0.1) is 0 Å². The van der Waals surface area contributed by atoms with Crippen LogP contribution in [0.3, 0.4) is 0 Å². The third-order valence-corrected chi connectivity index (χ3v) is 4.40. The molecule has 1 saturated heterocycles. The van der Waals surface area contributed by atoms with E-state index < -0.39 is 12.1 Å². The summed E-state index contributed by atoms with van der Waals surface area (Å²) < 4.78 is 10.7. The van der Waals surface area contributed by atoms with Crippen molar-refractivity contribution in [1.29, 1.82) is 0 Å². The minimum atomic E-state index is -0.502. The zero-order valence-electron chi connectivity index (χ0n) is 13.1. The molecule has 3 rings (SSSR count). The van der Waals surface area contributed by atoms with Gasteiger partial charge in [-0.05, 0) is 43.2 Å². The van der Waals surface area contributed by atoms with Crippen LogP contribution in [0.5, 0.6) is 0 Å². The summed E-state index contributed by atoms with van der Waals surface area (Å²) in [5.74, 6) is 0.488. The first-order valence-corrected chi connectivity index (χ1v) is 7.47. The number of methoxy groups -OCH3 is 1. The number of ether oxygens (including phenoxy) is 1. The Morgan fingerprint density at radius 3 is 2.82 bits per heavy atom. The Hall–Kier alpha value is -1.85. The third kappa shape index (κ3) is 2.74. The van der Waals surface area contributed by atoms with Gasteiger partial charge in [0.1, 0.15) is 17.4 Å². The summed E-state index contributed by atoms with van der Waals surface area (Å²) in [7, 11) is 1.37. The smallest absolute Gasteiger partial charge is 0.323 e. The van der Waals surface area contributed by atoms with Crippen molar-refractivity contribution in [3.05, 3.63) is 35.1 Å². The molecule has 1 aromatic heterocycles. The van der Waals surface area contributed by atoms with Crippen LogP contribution in [0.15, 0.2) is 22.6 Å². The van der Waals surface area contributed by atoms with Crippen LogP contribution in [0.25, 0.3) is 11.0 Å². The van der Waals surface area contributed by atoms with Gasteiger partial charge in [-0.3, -0.25) is 9.69 Å². The Morgan fingerprint density at radius 1 is 1.36 bits per heavy atom. The number of likely N-dealkylation sites (tertiary alicyclic amines) is 1. The highest BCUT2D eigenvalue weighted by Gasteiger charge is 2.37. The Labute approximate surface area is 129 Å². The molecule has 5 nitrogen and oxygen atoms in total. The SMILES string of the molecule is COC(=O)[C@@H]1C[C@H](O)CN1Cc1cc2cc(C)c(C)cc2o1. The number of hydrogen-bond donors (Lipinski definition) is 1. The van der Waals surface area contributed by atoms with E-state index >= 15 is 0 Å². The van der Waals surface area contributed by atoms with E-state index in [4.69, 9.17) is 9.15 Å². The van der Waals surface area contributed by atoms with E-state index in [0.29, 0.717) is 19.5 Å². The molecular weight excluding hydrogens is 282 g/mol. The van der Waals surface area contributed by atoms with Gasteiger partial charge < -0.3 is 14.3 Å². The van der Waals surface area contributed by atoms with E-state index in [-0.39, 0.29) is 5.97 Å². The number of aryl methyl sites for hydroxylation is 2. The number of carbonyl (C=O) groups excluding carboxylic acids is 1. The number of rotatable bonds is 3. The van der Waals surface area contributed by atoms with Gasteiger partial charge >= 0.3 is 5.97 Å². The van der Waals surface area contributed by atoms with E-state index in [9.17, 15) is 9.90 Å². The molecule has 118 valence electrons. The lowest BCUT2D eigenvalue weighted by molar-refractivity contribution is -0.146. The molecule has 1 aromatic carbocycles. The molecule has 0 aliphatic carbocycles. The highest BCUT2D eigenvalue weighted by atomic mass is 16.5. The molecule has 0 spiro atoms. The molecule has 2 heterocycles. The molecule has 0 radical (unpaired) electrons. The fraction of sp³-hybridized carbons (Fsp3) is 0.471. The van der Waals surface area contributed by atoms with Crippen molar-refractivity contribution >= 4 is 16.9 Å². The van der Waals surface area contributed by atoms with Crippen molar-refractivity contribution in [1.82, 2.24) is 4.90 Å². The molecular formula is C17H21NO4. The van der Waals surface area contributed by atoms with Gasteiger partial charge in [0.15, 0.2) is 0 Å². The van der Waals surface area contributed by atoms with Crippen LogP contribution >= 0.6 is 0 Å². The van der Waals surface area contributed by atoms with Gasteiger partial charge in [-0.25, -0.2) is 0 Å². The van der Waals surface area contributed by atoms with Gasteiger partial charge in [-0.1, -0.05) is 0 Å². The molecule has 5 heteroatoms. The zero-order chi connectivity index (χ0) is 15.9. The summed E-state index contributed by atoms with van der Waals surface area (Å²) in [4.78, 5) is 13.7. The molecule has 0 amide bonds. The van der Waals surface area contributed by atoms with Crippen LogP contribution in [0.4, 0.5) is 0 Å². The number of hydrogen-bond acceptors (Lipinski definition) is 5. The summed E-state index contributed by atoms with van der Waals surface area (Å²) in [6, 6.07) is 5.73. The number of esters is 1. The predicted molar refractivity (Wildman–Crippen MR) is 82.5 cm³/mol. The van der Waals surface area contributed by atoms with Crippen LogP contribution in [0.2, 0.25) is 0 Å². The number of nitrogens with zero attached hydrogens (tertiary/aromatic N) is 1. The molecule has 1 fully saturated rings. The summed E-state index contributed by atoms with van der Waals surface area (Å²) in [6.45, 7) is 5.07. The molecule has 1 aliphatic heterocycles. The summed E-state index contributed by atoms with van der Waals surface area (Å²) in [6.07, 6.45) is -0.0940. The minimum absolute atomic E-state index is 0.306. The maximum atomic E-state index is 11.8. The first-order valence-electron chi connectivity index (χ1n) is 7.47. The maximum absolute atomic E-state index is 11.8. The zero-order valence-corrected chi connectivity index (χ0v) is 13.1. The lowest BCUT2D eigenvalue weighted by Gasteiger charge is -2.20. The average Bonchev–Trinajstić information content (AvgIpc) is 3.02. The lowest BCUT2D eigenvalue weighted by atomic mass is 10.1. The van der Waals surface area contributed by atoms with Crippen LogP contribution in [-0.2, 0) is 16.1 Å². The number of furan rings is 1. The molecule has 1 aliphatic rings. The van der Waals surface area contributed by atoms with Gasteiger partial charge in [0.2, 0.25) is 0 Å². The molecule has 0 unspecified atom stereocenters. The standard InChI is InChI=1S/C17H21NO4/c1-10-4-12-6-14(22-16(12)5-11(10)2)9-18-8-13(19)7-15(18)17(20)21-3/h4-6,13,15,19H,7-9H2,1-3H3/t13-,15-/m0/s1. The van der Waals surface area contributed by atoms with E-state index in [2.05, 4.69) is 19.9 Å². The largest absolute Gasteiger partial charge is 0.468 e. The van der Waals surface area contributed by atoms with Crippen molar-refractivity contribution in [2.24, 2.45) is 0 Å². The fourth-order valence-electron chi connectivity index (χ4n) is 3.07. The van der Waals surface area contributed by atoms with Gasteiger partial charge in [-0.2, -0.15) is 0 Å². The van der Waals surface area contributed by atoms with Crippen LogP contribution < -0.4 is 0 Å². The second-order valence-electron chi connectivity index (χ2n) is 6.04. The molecule has 0 bridgehead atoms. The third-order valence-electron chi connectivity index (χ3n) is 4.40. The number of fused-ring (bicyclic) bond motifs is 1. The molecule has 1 N–H and O–H groups in total. The lowest BCUT2D eigenvalue weighted by Crippen LogP contribution is -2.36. The number of benzene rings is 1. The van der Waals surface area contributed by atoms with Crippen molar-refractivity contribution in [3.63, 3.8) is 0 Å². The molecule has 0 saturated carbocycles. The number of β-amino-alcohol motifs (C(OH)–C–C–N with tert-alkyl or cyclic N) is 1. The van der Waals surface area contributed by atoms with Crippen LogP contribution in [-0.4, -0.2) is 41.8 Å². The van der Waals surface area contributed by atoms with E-state index in [1.807, 2.05) is 17.0 Å². The second kappa shape index (κ2) is 5.74. The normalized spacial score (nSPS) is 22.4. The van der Waals surface area contributed by atoms with Crippen molar-refractivity contribution in [2.75, 3.05) is 13.7 Å². The Morgan fingerprint density at radius 2 is 2.09 bits per heavy atom. The minimum Gasteiger partial charge on any atom is -0.468 e. The second-order valence-corrected chi connectivity index (χ2v) is 6.04. The molecule has 22 heavy (non-hydrogen) atoms. The number of carbonyl (C=O) groups is 1.